The topological polar surface area (TPSA) is 0 Å². The first kappa shape index (κ1) is 98.2. The van der Waals surface area contributed by atoms with Crippen LogP contribution in [0.15, 0.2) is 36.5 Å². The van der Waals surface area contributed by atoms with Crippen LogP contribution in [-0.4, -0.2) is 0 Å². The van der Waals surface area contributed by atoms with Gasteiger partial charge in [0.05, 0.1) is 0 Å². The molecular weight excluding hydrogens is 750 g/mol. The molecule has 0 heterocycles. The summed E-state index contributed by atoms with van der Waals surface area (Å²) in [6.45, 7) is 0. The fourth-order valence-electron chi connectivity index (χ4n) is 0.680. The third-order valence-electron chi connectivity index (χ3n) is 1.17. The molecule has 0 N–H and O–H groups in total. The predicted molar refractivity (Wildman–Crippen MR) is 119 cm³/mol. The molecule has 0 aromatic heterocycles. The van der Waals surface area contributed by atoms with Crippen molar-refractivity contribution in [1.29, 1.82) is 0 Å². The summed E-state index contributed by atoms with van der Waals surface area (Å²) in [5.74, 6) is 0. The minimum Gasteiger partial charge on any atom is -0.358 e. The third-order valence-corrected chi connectivity index (χ3v) is 1.17. The maximum atomic E-state index is 2.99. The van der Waals surface area contributed by atoms with Crippen molar-refractivity contribution >= 4 is 74.4 Å². The molecule has 0 amide bonds. The second kappa shape index (κ2) is 86.8. The van der Waals surface area contributed by atoms with Crippen molar-refractivity contribution in [3.05, 3.63) is 85.7 Å². The van der Waals surface area contributed by atoms with Gasteiger partial charge in [-0.15, -0.1) is 87.3 Å². The van der Waals surface area contributed by atoms with Gasteiger partial charge in [0.25, 0.3) is 0 Å². The van der Waals surface area contributed by atoms with Crippen molar-refractivity contribution in [3.8, 4) is 0 Å². The van der Waals surface area contributed by atoms with Gasteiger partial charge >= 0.3 is 0 Å². The molecule has 0 saturated heterocycles. The van der Waals surface area contributed by atoms with Gasteiger partial charge in [-0.3, -0.25) is 12.2 Å². The van der Waals surface area contributed by atoms with E-state index in [0.717, 1.165) is 12.8 Å². The Morgan fingerprint density at radius 2 is 0.696 bits per heavy atom. The second-order valence-corrected chi connectivity index (χ2v) is 2.01. The van der Waals surface area contributed by atoms with Crippen LogP contribution in [0.1, 0.15) is 12.8 Å². The first-order valence-electron chi connectivity index (χ1n) is 3.43. The number of allylic oxidation sites excluding steroid dienone is 8. The molecule has 0 saturated carbocycles. The van der Waals surface area contributed by atoms with E-state index in [2.05, 4.69) is 24.3 Å². The Bertz CT molecular complexity index is 166. The number of halogens is 6. The average Bonchev–Trinajstić information content (AvgIpc) is 2.67. The summed E-state index contributed by atoms with van der Waals surface area (Å²) < 4.78 is 0. The zero-order chi connectivity index (χ0) is 7.07. The molecule has 8 heteroatoms. The van der Waals surface area contributed by atoms with E-state index in [9.17, 15) is 0 Å². The van der Waals surface area contributed by atoms with Crippen LogP contribution in [0.2, 0.25) is 0 Å². The van der Waals surface area contributed by atoms with Gasteiger partial charge in [0.1, 0.15) is 0 Å². The fraction of sp³-hybridized carbons (Fsp3) is 0.133. The van der Waals surface area contributed by atoms with Gasteiger partial charge in [-0.1, -0.05) is 0 Å². The summed E-state index contributed by atoms with van der Waals surface area (Å²) in [5, 5.41) is 0. The average molecular weight is 781 g/mol. The summed E-state index contributed by atoms with van der Waals surface area (Å²) >= 11 is 0. The van der Waals surface area contributed by atoms with Gasteiger partial charge in [-0.25, -0.2) is 24.3 Å². The standard InChI is InChI=1S/2C5H5.5CH3.6ClH.2Hf/c2*1-2-4-5-3-1;;;;;;;;;;;;;/h2*1-3H,4H2;5*1H3;6*1H;;/q7*-1;;;;;;;;. The summed E-state index contributed by atoms with van der Waals surface area (Å²) in [6, 6.07) is 0. The summed E-state index contributed by atoms with van der Waals surface area (Å²) in [5.41, 5.74) is 0. The predicted octanol–water partition coefficient (Wildman–Crippen LogP) is 7.39. The Labute approximate surface area is 222 Å². The second-order valence-electron chi connectivity index (χ2n) is 2.01. The monoisotopic (exact) mass is 781 g/mol. The minimum absolute atomic E-state index is 0. The first-order chi connectivity index (χ1) is 5.00. The summed E-state index contributed by atoms with van der Waals surface area (Å²) in [6.07, 6.45) is 20.0. The summed E-state index contributed by atoms with van der Waals surface area (Å²) in [7, 11) is 0. The van der Waals surface area contributed by atoms with Gasteiger partial charge in [-0.05, 0) is 0 Å². The van der Waals surface area contributed by atoms with Crippen LogP contribution in [0.25, 0.3) is 0 Å². The van der Waals surface area contributed by atoms with E-state index in [1.807, 2.05) is 24.3 Å². The Morgan fingerprint density at radius 3 is 0.739 bits per heavy atom. The molecule has 0 fully saturated rings. The minimum atomic E-state index is 0. The molecule has 0 radical (unpaired) electrons. The Hall–Kier alpha value is 2.44. The molecule has 2 rings (SSSR count). The van der Waals surface area contributed by atoms with Crippen molar-refractivity contribution in [1.82, 2.24) is 0 Å². The normalized spacial score (nSPS) is 7.65. The maximum absolute atomic E-state index is 2.99. The molecule has 148 valence electrons. The van der Waals surface area contributed by atoms with E-state index in [1.165, 1.54) is 0 Å². The SMILES string of the molecule is Cl.Cl.Cl.Cl.Cl.Cl.[C-]1=CC=CC1.[C-]1=CC=CC1.[CH3-].[CH3-].[CH3-].[CH3-].[CH3-].[Hf].[Hf]. The van der Waals surface area contributed by atoms with Crippen LogP contribution in [0, 0.1) is 49.3 Å². The zero-order valence-electron chi connectivity index (χ0n) is 14.3. The Balaban J connectivity index is -0.00000000505. The van der Waals surface area contributed by atoms with Gasteiger partial charge in [0, 0.05) is 51.7 Å². The van der Waals surface area contributed by atoms with Crippen LogP contribution in [0.3, 0.4) is 0 Å². The van der Waals surface area contributed by atoms with E-state index in [4.69, 9.17) is 0 Å². The molecule has 0 nitrogen and oxygen atoms in total. The van der Waals surface area contributed by atoms with Gasteiger partial charge in [0.15, 0.2) is 0 Å². The third kappa shape index (κ3) is 79.5. The quantitative estimate of drug-likeness (QED) is 0.178. The van der Waals surface area contributed by atoms with Crippen molar-refractivity contribution < 1.29 is 51.7 Å². The molecule has 0 spiro atoms. The Morgan fingerprint density at radius 1 is 0.478 bits per heavy atom. The van der Waals surface area contributed by atoms with Crippen LogP contribution in [0.4, 0.5) is 0 Å². The Kier molecular flexibility index (Phi) is 370. The van der Waals surface area contributed by atoms with Crippen LogP contribution in [-0.2, 0) is 51.7 Å². The van der Waals surface area contributed by atoms with Crippen LogP contribution < -0.4 is 0 Å². The van der Waals surface area contributed by atoms with Crippen LogP contribution >= 0.6 is 74.4 Å². The molecule has 0 aromatic carbocycles. The summed E-state index contributed by atoms with van der Waals surface area (Å²) in [4.78, 5) is 0. The molecule has 0 aromatic rings. The number of hydrogen-bond donors (Lipinski definition) is 0. The molecule has 0 atom stereocenters. The van der Waals surface area contributed by atoms with E-state index >= 15 is 0 Å². The van der Waals surface area contributed by atoms with E-state index in [1.54, 1.807) is 0 Å². The number of rotatable bonds is 0. The van der Waals surface area contributed by atoms with Gasteiger partial charge in [0.2, 0.25) is 0 Å². The van der Waals surface area contributed by atoms with Crippen molar-refractivity contribution in [2.24, 2.45) is 0 Å². The smallest absolute Gasteiger partial charge is 0 e. The first-order valence-corrected chi connectivity index (χ1v) is 3.43. The zero-order valence-corrected chi connectivity index (χ0v) is 26.4. The molecule has 2 aliphatic rings. The van der Waals surface area contributed by atoms with Gasteiger partial charge in [-0.2, -0.15) is 12.2 Å². The fourth-order valence-corrected chi connectivity index (χ4v) is 0.680. The van der Waals surface area contributed by atoms with E-state index < -0.39 is 0 Å². The molecule has 0 bridgehead atoms. The van der Waals surface area contributed by atoms with Crippen molar-refractivity contribution in [3.63, 3.8) is 0 Å². The largest absolute Gasteiger partial charge is 0.358 e. The van der Waals surface area contributed by atoms with E-state index in [-0.39, 0.29) is 163 Å². The maximum Gasteiger partial charge on any atom is 0 e. The van der Waals surface area contributed by atoms with Gasteiger partial charge < -0.3 is 37.1 Å². The molecule has 0 aliphatic heterocycles. The molecular formula is C15H31Cl6Hf2-7. The number of hydrogen-bond acceptors (Lipinski definition) is 0. The molecule has 2 aliphatic carbocycles. The van der Waals surface area contributed by atoms with Crippen molar-refractivity contribution in [2.45, 2.75) is 12.8 Å². The van der Waals surface area contributed by atoms with Crippen LogP contribution in [0.5, 0.6) is 0 Å². The van der Waals surface area contributed by atoms with E-state index in [0.29, 0.717) is 0 Å². The molecule has 0 unspecified atom stereocenters. The molecule has 23 heavy (non-hydrogen) atoms. The van der Waals surface area contributed by atoms with Crippen molar-refractivity contribution in [2.75, 3.05) is 0 Å².